The van der Waals surface area contributed by atoms with Gasteiger partial charge >= 0.3 is 0 Å². The van der Waals surface area contributed by atoms with Crippen LogP contribution in [0.15, 0.2) is 113 Å². The molecule has 1 saturated carbocycles. The molecule has 0 bridgehead atoms. The second-order valence-corrected chi connectivity index (χ2v) is 10.9. The van der Waals surface area contributed by atoms with Crippen LogP contribution < -0.4 is 0 Å². The Kier molecular flexibility index (Phi) is 10.8. The number of aryl methyl sites for hydroxylation is 1. The van der Waals surface area contributed by atoms with Crippen LogP contribution in [0.25, 0.3) is 11.1 Å². The summed E-state index contributed by atoms with van der Waals surface area (Å²) in [7, 11) is 0. The normalized spacial score (nSPS) is 17.1. The fourth-order valence-corrected chi connectivity index (χ4v) is 5.61. The molecule has 1 fully saturated rings. The van der Waals surface area contributed by atoms with Crippen LogP contribution in [0.4, 0.5) is 0 Å². The van der Waals surface area contributed by atoms with Gasteiger partial charge in [0.05, 0.1) is 0 Å². The van der Waals surface area contributed by atoms with Crippen molar-refractivity contribution in [2.24, 2.45) is 5.41 Å². The smallest absolute Gasteiger partial charge is 0.0227 e. The van der Waals surface area contributed by atoms with Crippen LogP contribution in [0.1, 0.15) is 97.7 Å². The summed E-state index contributed by atoms with van der Waals surface area (Å²) in [6.45, 7) is 16.4. The molecule has 0 aliphatic heterocycles. The van der Waals surface area contributed by atoms with Crippen molar-refractivity contribution < 1.29 is 1.43 Å². The summed E-state index contributed by atoms with van der Waals surface area (Å²) < 4.78 is 0. The molecule has 0 saturated heterocycles. The fraction of sp³-hybridized carbons (Fsp3) is 0.359. The number of hydrogen-bond donors (Lipinski definition) is 0. The Morgan fingerprint density at radius 1 is 1.18 bits per heavy atom. The Morgan fingerprint density at radius 3 is 2.67 bits per heavy atom. The summed E-state index contributed by atoms with van der Waals surface area (Å²) >= 11 is 0. The van der Waals surface area contributed by atoms with Gasteiger partial charge in [0.25, 0.3) is 0 Å². The van der Waals surface area contributed by atoms with Gasteiger partial charge in [-0.25, -0.2) is 0 Å². The Balaban J connectivity index is 0.00000280. The summed E-state index contributed by atoms with van der Waals surface area (Å²) in [5.74, 6) is 0. The van der Waals surface area contributed by atoms with E-state index in [4.69, 9.17) is 6.58 Å². The second kappa shape index (κ2) is 14.0. The van der Waals surface area contributed by atoms with Crippen molar-refractivity contribution >= 4 is 11.1 Å². The van der Waals surface area contributed by atoms with Crippen molar-refractivity contribution in [1.29, 1.82) is 0 Å². The van der Waals surface area contributed by atoms with Crippen LogP contribution in [0, 0.1) is 12.0 Å². The maximum atomic E-state index is 5.65. The Hall–Kier alpha value is -3.52. The molecule has 0 atom stereocenters. The first-order valence-electron chi connectivity index (χ1n) is 14.3. The van der Waals surface area contributed by atoms with Gasteiger partial charge in [-0.3, -0.25) is 0 Å². The predicted molar refractivity (Wildman–Crippen MR) is 172 cm³/mol. The molecule has 0 amide bonds. The molecule has 1 aromatic carbocycles. The predicted octanol–water partition coefficient (Wildman–Crippen LogP) is 11.3. The molecule has 202 valence electrons. The first kappa shape index (κ1) is 30.0. The summed E-state index contributed by atoms with van der Waals surface area (Å²) in [4.78, 5) is 0. The SMILES string of the molecule is C.[CH]=C=C(CCC)CC/C=C\C(=C=C)c1ccc(C2=CC(C3=CC(C4(C)CCC4)=C=CC=C3)=CC2)c(CC)c1.[H]. The Morgan fingerprint density at radius 2 is 2.00 bits per heavy atom. The van der Waals surface area contributed by atoms with E-state index in [1.165, 1.54) is 63.8 Å². The second-order valence-electron chi connectivity index (χ2n) is 10.9. The van der Waals surface area contributed by atoms with E-state index in [0.717, 1.165) is 44.1 Å². The number of rotatable bonds is 11. The van der Waals surface area contributed by atoms with Crippen LogP contribution in [0.3, 0.4) is 0 Å². The summed E-state index contributed by atoms with van der Waals surface area (Å²) in [5, 5.41) is 0. The molecule has 0 spiro atoms. The minimum Gasteiger partial charge on any atom is -0.121 e. The van der Waals surface area contributed by atoms with E-state index in [-0.39, 0.29) is 14.3 Å². The maximum absolute atomic E-state index is 5.65. The van der Waals surface area contributed by atoms with E-state index < -0.39 is 0 Å². The van der Waals surface area contributed by atoms with Gasteiger partial charge in [0.1, 0.15) is 0 Å². The van der Waals surface area contributed by atoms with Crippen molar-refractivity contribution in [2.75, 3.05) is 0 Å². The third-order valence-electron chi connectivity index (χ3n) is 8.21. The molecule has 0 unspecified atom stereocenters. The summed E-state index contributed by atoms with van der Waals surface area (Å²) in [5.41, 5.74) is 21.3. The van der Waals surface area contributed by atoms with E-state index in [0.29, 0.717) is 0 Å². The van der Waals surface area contributed by atoms with Crippen LogP contribution in [0.5, 0.6) is 0 Å². The van der Waals surface area contributed by atoms with E-state index in [9.17, 15) is 0 Å². The highest BCUT2D eigenvalue weighted by Crippen LogP contribution is 2.47. The maximum Gasteiger partial charge on any atom is 0.0227 e. The molecular weight excluding hydrogens is 468 g/mol. The third-order valence-corrected chi connectivity index (χ3v) is 8.21. The Bertz CT molecular complexity index is 1390. The lowest BCUT2D eigenvalue weighted by Crippen LogP contribution is -2.26. The monoisotopic (exact) mass is 514 g/mol. The highest BCUT2D eigenvalue weighted by Gasteiger charge is 2.35. The van der Waals surface area contributed by atoms with Crippen molar-refractivity contribution in [3.63, 3.8) is 0 Å². The first-order valence-corrected chi connectivity index (χ1v) is 14.3. The standard InChI is InChI=1S/C38H41.CH4.H/c1-6-15-29(7-2)16-10-11-17-30(8-3)33-22-23-37(31(9-4)26-33)35-21-20-34(27-35)32-18-12-13-19-36(28-32)38(5)24-14-25-38;;/h2,11-13,17-18,20,22-23,26-28H,3,6,9-10,14-16,21,24-25H2,1,4-5H3;1H4;/b17-11-;;. The molecule has 0 nitrogen and oxygen atoms in total. The van der Waals surface area contributed by atoms with Crippen LogP contribution in [-0.4, -0.2) is 0 Å². The Labute approximate surface area is 239 Å². The fourth-order valence-electron chi connectivity index (χ4n) is 5.61. The summed E-state index contributed by atoms with van der Waals surface area (Å²) in [6.07, 6.45) is 27.7. The van der Waals surface area contributed by atoms with Gasteiger partial charge in [0, 0.05) is 12.6 Å². The number of allylic oxidation sites excluding steroid dienone is 13. The molecule has 0 heterocycles. The van der Waals surface area contributed by atoms with Crippen molar-refractivity contribution in [3.8, 4) is 0 Å². The van der Waals surface area contributed by atoms with E-state index in [1.54, 1.807) is 0 Å². The molecule has 2 radical (unpaired) electrons. The minimum atomic E-state index is 0. The lowest BCUT2D eigenvalue weighted by molar-refractivity contribution is 0.221. The molecular formula is C39H46. The zero-order chi connectivity index (χ0) is 27.0. The zero-order valence-electron chi connectivity index (χ0n) is 24.5. The number of hydrogen-bond acceptors (Lipinski definition) is 0. The number of benzene rings is 1. The first-order chi connectivity index (χ1) is 18.5. The molecule has 1 aromatic rings. The van der Waals surface area contributed by atoms with Crippen LogP contribution >= 0.6 is 0 Å². The van der Waals surface area contributed by atoms with Crippen molar-refractivity contribution in [2.45, 2.75) is 86.0 Å². The topological polar surface area (TPSA) is 0 Å². The van der Waals surface area contributed by atoms with E-state index in [1.807, 2.05) is 0 Å². The molecule has 39 heavy (non-hydrogen) atoms. The quantitative estimate of drug-likeness (QED) is 0.203. The van der Waals surface area contributed by atoms with Gasteiger partial charge in [-0.1, -0.05) is 96.2 Å². The third kappa shape index (κ3) is 7.12. The van der Waals surface area contributed by atoms with Gasteiger partial charge in [-0.05, 0) is 114 Å². The van der Waals surface area contributed by atoms with Gasteiger partial charge in [0.15, 0.2) is 0 Å². The molecule has 0 aromatic heterocycles. The van der Waals surface area contributed by atoms with Gasteiger partial charge in [-0.2, -0.15) is 0 Å². The zero-order valence-corrected chi connectivity index (χ0v) is 23.5. The van der Waals surface area contributed by atoms with Gasteiger partial charge in [0.2, 0.25) is 0 Å². The minimum absolute atomic E-state index is 0. The molecule has 4 rings (SSSR count). The van der Waals surface area contributed by atoms with E-state index >= 15 is 0 Å². The van der Waals surface area contributed by atoms with Gasteiger partial charge in [-0.15, -0.1) is 17.2 Å². The van der Waals surface area contributed by atoms with Crippen LogP contribution in [0.2, 0.25) is 0 Å². The van der Waals surface area contributed by atoms with Crippen LogP contribution in [-0.2, 0) is 6.42 Å². The van der Waals surface area contributed by atoms with Crippen molar-refractivity contribution in [3.05, 3.63) is 136 Å². The average molecular weight is 515 g/mol. The largest absolute Gasteiger partial charge is 0.121 e. The molecule has 3 aliphatic carbocycles. The average Bonchev–Trinajstić information content (AvgIpc) is 3.28. The molecule has 0 heteroatoms. The van der Waals surface area contributed by atoms with Crippen molar-refractivity contribution in [1.82, 2.24) is 0 Å². The van der Waals surface area contributed by atoms with E-state index in [2.05, 4.69) is 111 Å². The van der Waals surface area contributed by atoms with Gasteiger partial charge < -0.3 is 0 Å². The highest BCUT2D eigenvalue weighted by atomic mass is 14.4. The molecule has 3 aliphatic rings. The lowest BCUT2D eigenvalue weighted by atomic mass is 9.65. The molecule has 0 N–H and O–H groups in total. The lowest BCUT2D eigenvalue weighted by Gasteiger charge is -2.38. The highest BCUT2D eigenvalue weighted by molar-refractivity contribution is 5.80. The summed E-state index contributed by atoms with van der Waals surface area (Å²) in [6, 6.07) is 6.82.